The van der Waals surface area contributed by atoms with Gasteiger partial charge in [0.05, 0.1) is 0 Å². The first-order valence-electron chi connectivity index (χ1n) is 8.72. The third kappa shape index (κ3) is 4.92. The first-order valence-corrected chi connectivity index (χ1v) is 8.72. The molecular formula is C20H25ClN4O2. The lowest BCUT2D eigenvalue weighted by atomic mass is 10.1. The van der Waals surface area contributed by atoms with E-state index in [1.807, 2.05) is 44.2 Å². The van der Waals surface area contributed by atoms with Gasteiger partial charge in [-0.25, -0.2) is 4.79 Å². The lowest BCUT2D eigenvalue weighted by Gasteiger charge is -2.35. The zero-order valence-electron chi connectivity index (χ0n) is 15.6. The highest BCUT2D eigenvalue weighted by Crippen LogP contribution is 2.17. The summed E-state index contributed by atoms with van der Waals surface area (Å²) in [6, 6.07) is 12.9. The Bertz CT molecular complexity index is 832. The van der Waals surface area contributed by atoms with E-state index in [2.05, 4.69) is 5.32 Å². The van der Waals surface area contributed by atoms with Crippen LogP contribution in [-0.4, -0.2) is 47.9 Å². The minimum Gasteiger partial charge on any atom is -0.399 e. The highest BCUT2D eigenvalue weighted by molar-refractivity contribution is 5.97. The maximum atomic E-state index is 12.7. The Morgan fingerprint density at radius 1 is 0.963 bits per heavy atom. The Labute approximate surface area is 165 Å². The van der Waals surface area contributed by atoms with Crippen LogP contribution in [-0.2, 0) is 0 Å². The number of anilines is 2. The SMILES string of the molecule is Cc1cccc(NC(=O)N2CCN(C(=O)c3cc(N)ccc3C)CC2)c1.Cl. The van der Waals surface area contributed by atoms with Gasteiger partial charge in [0.2, 0.25) is 0 Å². The number of piperazine rings is 1. The minimum atomic E-state index is -0.136. The number of carbonyl (C=O) groups excluding carboxylic acids is 2. The van der Waals surface area contributed by atoms with Crippen LogP contribution in [0.4, 0.5) is 16.2 Å². The molecule has 144 valence electrons. The van der Waals surface area contributed by atoms with Crippen LogP contribution in [0.2, 0.25) is 0 Å². The molecule has 1 aliphatic rings. The molecule has 1 fully saturated rings. The van der Waals surface area contributed by atoms with Crippen LogP contribution in [0.3, 0.4) is 0 Å². The van der Waals surface area contributed by atoms with Crippen LogP contribution in [0.15, 0.2) is 42.5 Å². The van der Waals surface area contributed by atoms with E-state index < -0.39 is 0 Å². The van der Waals surface area contributed by atoms with Crippen molar-refractivity contribution in [1.29, 1.82) is 0 Å². The zero-order chi connectivity index (χ0) is 18.7. The van der Waals surface area contributed by atoms with Crippen LogP contribution in [0.25, 0.3) is 0 Å². The molecule has 0 aliphatic carbocycles. The van der Waals surface area contributed by atoms with Gasteiger partial charge in [-0.15, -0.1) is 12.4 Å². The van der Waals surface area contributed by atoms with Crippen LogP contribution >= 0.6 is 12.4 Å². The number of amides is 3. The van der Waals surface area contributed by atoms with Gasteiger partial charge in [0.25, 0.3) is 5.91 Å². The van der Waals surface area contributed by atoms with E-state index in [0.717, 1.165) is 16.8 Å². The summed E-state index contributed by atoms with van der Waals surface area (Å²) in [4.78, 5) is 28.7. The summed E-state index contributed by atoms with van der Waals surface area (Å²) >= 11 is 0. The number of rotatable bonds is 2. The summed E-state index contributed by atoms with van der Waals surface area (Å²) in [5.41, 5.74) is 9.80. The monoisotopic (exact) mass is 388 g/mol. The summed E-state index contributed by atoms with van der Waals surface area (Å²) in [6.45, 7) is 5.91. The molecule has 0 atom stereocenters. The third-order valence-electron chi connectivity index (χ3n) is 4.62. The molecular weight excluding hydrogens is 364 g/mol. The number of urea groups is 1. The van der Waals surface area contributed by atoms with Gasteiger partial charge < -0.3 is 20.9 Å². The summed E-state index contributed by atoms with van der Waals surface area (Å²) in [6.07, 6.45) is 0. The van der Waals surface area contributed by atoms with Crippen molar-refractivity contribution in [1.82, 2.24) is 9.80 Å². The van der Waals surface area contributed by atoms with Gasteiger partial charge >= 0.3 is 6.03 Å². The number of halogens is 1. The summed E-state index contributed by atoms with van der Waals surface area (Å²) in [5.74, 6) is -0.0338. The van der Waals surface area contributed by atoms with E-state index in [4.69, 9.17) is 5.73 Å². The molecule has 2 aromatic carbocycles. The molecule has 3 rings (SSSR count). The van der Waals surface area contributed by atoms with Crippen molar-refractivity contribution in [3.05, 3.63) is 59.2 Å². The Kier molecular flexibility index (Phi) is 6.69. The molecule has 1 heterocycles. The number of aryl methyl sites for hydroxylation is 2. The number of nitrogens with zero attached hydrogens (tertiary/aromatic N) is 2. The van der Waals surface area contributed by atoms with Crippen molar-refractivity contribution < 1.29 is 9.59 Å². The molecule has 1 saturated heterocycles. The fourth-order valence-electron chi connectivity index (χ4n) is 3.08. The summed E-state index contributed by atoms with van der Waals surface area (Å²) in [5, 5.41) is 2.91. The molecule has 3 N–H and O–H groups in total. The second-order valence-electron chi connectivity index (χ2n) is 6.65. The molecule has 0 spiro atoms. The van der Waals surface area contributed by atoms with E-state index in [1.165, 1.54) is 0 Å². The number of hydrogen-bond acceptors (Lipinski definition) is 3. The molecule has 6 nitrogen and oxygen atoms in total. The lowest BCUT2D eigenvalue weighted by molar-refractivity contribution is 0.0671. The number of benzene rings is 2. The number of carbonyl (C=O) groups is 2. The predicted molar refractivity (Wildman–Crippen MR) is 111 cm³/mol. The highest BCUT2D eigenvalue weighted by atomic mass is 35.5. The van der Waals surface area contributed by atoms with Gasteiger partial charge in [-0.2, -0.15) is 0 Å². The fraction of sp³-hybridized carbons (Fsp3) is 0.300. The van der Waals surface area contributed by atoms with Gasteiger partial charge in [0.1, 0.15) is 0 Å². The maximum Gasteiger partial charge on any atom is 0.321 e. The van der Waals surface area contributed by atoms with E-state index in [9.17, 15) is 9.59 Å². The number of nitrogens with two attached hydrogens (primary N) is 1. The average Bonchev–Trinajstić information content (AvgIpc) is 2.63. The van der Waals surface area contributed by atoms with Gasteiger partial charge in [0, 0.05) is 43.1 Å². The highest BCUT2D eigenvalue weighted by Gasteiger charge is 2.25. The second kappa shape index (κ2) is 8.77. The van der Waals surface area contributed by atoms with Crippen LogP contribution in [0, 0.1) is 13.8 Å². The first-order chi connectivity index (χ1) is 12.4. The second-order valence-corrected chi connectivity index (χ2v) is 6.65. The quantitative estimate of drug-likeness (QED) is 0.775. The van der Waals surface area contributed by atoms with Crippen molar-refractivity contribution in [3.63, 3.8) is 0 Å². The van der Waals surface area contributed by atoms with Crippen molar-refractivity contribution in [2.75, 3.05) is 37.2 Å². The van der Waals surface area contributed by atoms with E-state index >= 15 is 0 Å². The topological polar surface area (TPSA) is 78.7 Å². The molecule has 0 saturated carbocycles. The molecule has 27 heavy (non-hydrogen) atoms. The molecule has 1 aliphatic heterocycles. The minimum absolute atomic E-state index is 0. The number of nitrogens with one attached hydrogen (secondary N) is 1. The third-order valence-corrected chi connectivity index (χ3v) is 4.62. The van der Waals surface area contributed by atoms with E-state index in [-0.39, 0.29) is 24.3 Å². The predicted octanol–water partition coefficient (Wildman–Crippen LogP) is 3.30. The van der Waals surface area contributed by atoms with Gasteiger partial charge in [-0.1, -0.05) is 18.2 Å². The van der Waals surface area contributed by atoms with Gasteiger partial charge in [-0.3, -0.25) is 4.79 Å². The first kappa shape index (κ1) is 20.6. The molecule has 0 bridgehead atoms. The Balaban J connectivity index is 0.00000261. The normalized spacial score (nSPS) is 13.7. The van der Waals surface area contributed by atoms with E-state index in [0.29, 0.717) is 37.4 Å². The Morgan fingerprint density at radius 2 is 1.63 bits per heavy atom. The van der Waals surface area contributed by atoms with Crippen molar-refractivity contribution in [3.8, 4) is 0 Å². The van der Waals surface area contributed by atoms with Crippen molar-refractivity contribution in [2.45, 2.75) is 13.8 Å². The average molecular weight is 389 g/mol. The van der Waals surface area contributed by atoms with Crippen LogP contribution in [0.5, 0.6) is 0 Å². The van der Waals surface area contributed by atoms with Crippen molar-refractivity contribution in [2.24, 2.45) is 0 Å². The lowest BCUT2D eigenvalue weighted by Crippen LogP contribution is -2.51. The van der Waals surface area contributed by atoms with Crippen LogP contribution in [0.1, 0.15) is 21.5 Å². The number of nitrogen functional groups attached to an aromatic ring is 1. The molecule has 2 aromatic rings. The number of hydrogen-bond donors (Lipinski definition) is 2. The van der Waals surface area contributed by atoms with Gasteiger partial charge in [-0.05, 0) is 49.2 Å². The molecule has 0 radical (unpaired) electrons. The fourth-order valence-corrected chi connectivity index (χ4v) is 3.08. The summed E-state index contributed by atoms with van der Waals surface area (Å²) < 4.78 is 0. The van der Waals surface area contributed by atoms with E-state index in [1.54, 1.807) is 21.9 Å². The van der Waals surface area contributed by atoms with Gasteiger partial charge in [0.15, 0.2) is 0 Å². The summed E-state index contributed by atoms with van der Waals surface area (Å²) in [7, 11) is 0. The molecule has 7 heteroatoms. The Hall–Kier alpha value is -2.73. The largest absolute Gasteiger partial charge is 0.399 e. The Morgan fingerprint density at radius 3 is 2.30 bits per heavy atom. The molecule has 3 amide bonds. The van der Waals surface area contributed by atoms with Crippen molar-refractivity contribution >= 4 is 35.7 Å². The van der Waals surface area contributed by atoms with Crippen LogP contribution < -0.4 is 11.1 Å². The standard InChI is InChI=1S/C20H24N4O2.ClH/c1-14-4-3-5-17(12-14)22-20(26)24-10-8-23(9-11-24)19(25)18-13-16(21)7-6-15(18)2;/h3-7,12-13H,8-11,21H2,1-2H3,(H,22,26);1H. The molecule has 0 unspecified atom stereocenters. The maximum absolute atomic E-state index is 12.7. The molecule has 0 aromatic heterocycles. The zero-order valence-corrected chi connectivity index (χ0v) is 16.4. The smallest absolute Gasteiger partial charge is 0.321 e.